The Kier molecular flexibility index (Phi) is 4.59. The smallest absolute Gasteiger partial charge is 0.251 e. The first-order valence-electron chi connectivity index (χ1n) is 8.97. The molecule has 136 valence electrons. The van der Waals surface area contributed by atoms with E-state index in [9.17, 15) is 9.18 Å². The minimum atomic E-state index is -0.288. The van der Waals surface area contributed by atoms with Crippen LogP contribution in [-0.2, 0) is 13.0 Å². The minimum Gasteiger partial charge on any atom is -0.348 e. The second-order valence-corrected chi connectivity index (χ2v) is 6.76. The predicted octanol–water partition coefficient (Wildman–Crippen LogP) is 4.23. The number of rotatable bonds is 4. The summed E-state index contributed by atoms with van der Waals surface area (Å²) in [6, 6.07) is 18.2. The number of anilines is 2. The molecule has 1 unspecified atom stereocenters. The van der Waals surface area contributed by atoms with Gasteiger partial charge in [0, 0.05) is 30.0 Å². The number of aromatic nitrogens is 1. The molecule has 0 saturated heterocycles. The topological polar surface area (TPSA) is 45.2 Å². The fraction of sp³-hybridized carbons (Fsp3) is 0.182. The molecule has 0 spiro atoms. The van der Waals surface area contributed by atoms with Crippen LogP contribution >= 0.6 is 0 Å². The number of para-hydroxylation sites is 1. The van der Waals surface area contributed by atoms with E-state index in [0.29, 0.717) is 12.1 Å². The minimum absolute atomic E-state index is 0.178. The van der Waals surface area contributed by atoms with E-state index in [1.807, 2.05) is 18.2 Å². The van der Waals surface area contributed by atoms with Crippen LogP contribution in [0.3, 0.4) is 0 Å². The maximum absolute atomic E-state index is 13.0. The van der Waals surface area contributed by atoms with Crippen molar-refractivity contribution >= 4 is 17.4 Å². The number of benzene rings is 2. The zero-order chi connectivity index (χ0) is 18.8. The van der Waals surface area contributed by atoms with Crippen LogP contribution in [-0.4, -0.2) is 16.9 Å². The summed E-state index contributed by atoms with van der Waals surface area (Å²) in [5.74, 6) is 0.300. The van der Waals surface area contributed by atoms with E-state index in [1.54, 1.807) is 24.4 Å². The zero-order valence-electron chi connectivity index (χ0n) is 15.0. The van der Waals surface area contributed by atoms with Gasteiger partial charge in [-0.3, -0.25) is 4.79 Å². The molecule has 2 aromatic carbocycles. The number of fused-ring (bicyclic) bond motifs is 1. The normalized spacial score (nSPS) is 15.5. The van der Waals surface area contributed by atoms with Crippen LogP contribution in [0.15, 0.2) is 66.9 Å². The molecule has 1 amide bonds. The number of nitrogens with one attached hydrogen (secondary N) is 1. The summed E-state index contributed by atoms with van der Waals surface area (Å²) in [5, 5.41) is 2.88. The van der Waals surface area contributed by atoms with Gasteiger partial charge in [0.25, 0.3) is 5.91 Å². The molecule has 1 aliphatic rings. The Balaban J connectivity index is 1.52. The van der Waals surface area contributed by atoms with E-state index < -0.39 is 0 Å². The number of hydrogen-bond acceptors (Lipinski definition) is 3. The van der Waals surface area contributed by atoms with Crippen molar-refractivity contribution in [2.24, 2.45) is 0 Å². The first kappa shape index (κ1) is 17.2. The summed E-state index contributed by atoms with van der Waals surface area (Å²) < 4.78 is 13.0. The Bertz CT molecular complexity index is 971. The SMILES string of the molecule is CC1Cc2ccccc2N1c1cc(C(=O)NCc2ccc(F)cc2)ccn1. The van der Waals surface area contributed by atoms with Crippen LogP contribution in [0.4, 0.5) is 15.9 Å². The van der Waals surface area contributed by atoms with Crippen LogP contribution in [0.5, 0.6) is 0 Å². The molecule has 0 fully saturated rings. The molecular formula is C22H20FN3O. The lowest BCUT2D eigenvalue weighted by Gasteiger charge is -2.24. The second-order valence-electron chi connectivity index (χ2n) is 6.76. The third-order valence-electron chi connectivity index (χ3n) is 4.83. The van der Waals surface area contributed by atoms with Crippen LogP contribution in [0, 0.1) is 5.82 Å². The molecule has 4 nitrogen and oxygen atoms in total. The number of halogens is 1. The molecular weight excluding hydrogens is 341 g/mol. The van der Waals surface area contributed by atoms with Gasteiger partial charge in [0.05, 0.1) is 0 Å². The molecule has 0 saturated carbocycles. The highest BCUT2D eigenvalue weighted by molar-refractivity contribution is 5.95. The van der Waals surface area contributed by atoms with Gasteiger partial charge in [-0.15, -0.1) is 0 Å². The first-order chi connectivity index (χ1) is 13.1. The van der Waals surface area contributed by atoms with Crippen molar-refractivity contribution in [3.63, 3.8) is 0 Å². The Labute approximate surface area is 157 Å². The fourth-order valence-electron chi connectivity index (χ4n) is 3.49. The molecule has 0 bridgehead atoms. The summed E-state index contributed by atoms with van der Waals surface area (Å²) in [7, 11) is 0. The van der Waals surface area contributed by atoms with E-state index in [-0.39, 0.29) is 17.8 Å². The molecule has 27 heavy (non-hydrogen) atoms. The van der Waals surface area contributed by atoms with Crippen molar-refractivity contribution in [1.82, 2.24) is 10.3 Å². The van der Waals surface area contributed by atoms with E-state index in [1.165, 1.54) is 17.7 Å². The van der Waals surface area contributed by atoms with Gasteiger partial charge in [0.2, 0.25) is 0 Å². The molecule has 1 aliphatic heterocycles. The molecule has 1 N–H and O–H groups in total. The van der Waals surface area contributed by atoms with Gasteiger partial charge < -0.3 is 10.2 Å². The van der Waals surface area contributed by atoms with Gasteiger partial charge in [-0.1, -0.05) is 30.3 Å². The number of amides is 1. The average Bonchev–Trinajstić information content (AvgIpc) is 3.03. The van der Waals surface area contributed by atoms with E-state index >= 15 is 0 Å². The van der Waals surface area contributed by atoms with Gasteiger partial charge in [0.1, 0.15) is 11.6 Å². The van der Waals surface area contributed by atoms with Gasteiger partial charge in [0.15, 0.2) is 0 Å². The largest absolute Gasteiger partial charge is 0.348 e. The maximum atomic E-state index is 13.0. The lowest BCUT2D eigenvalue weighted by Crippen LogP contribution is -2.26. The molecule has 5 heteroatoms. The van der Waals surface area contributed by atoms with Gasteiger partial charge in [-0.05, 0) is 54.8 Å². The number of nitrogens with zero attached hydrogens (tertiary/aromatic N) is 2. The third kappa shape index (κ3) is 3.53. The molecule has 2 heterocycles. The maximum Gasteiger partial charge on any atom is 0.251 e. The summed E-state index contributed by atoms with van der Waals surface area (Å²) >= 11 is 0. The van der Waals surface area contributed by atoms with Crippen LogP contribution in [0.2, 0.25) is 0 Å². The van der Waals surface area contributed by atoms with Crippen molar-refractivity contribution in [3.05, 3.63) is 89.4 Å². The summed E-state index contributed by atoms with van der Waals surface area (Å²) in [4.78, 5) is 19.2. The first-order valence-corrected chi connectivity index (χ1v) is 8.97. The van der Waals surface area contributed by atoms with Gasteiger partial charge in [-0.25, -0.2) is 9.37 Å². The number of pyridine rings is 1. The van der Waals surface area contributed by atoms with Crippen LogP contribution < -0.4 is 10.2 Å². The molecule has 3 aromatic rings. The predicted molar refractivity (Wildman–Crippen MR) is 104 cm³/mol. The van der Waals surface area contributed by atoms with Crippen molar-refractivity contribution < 1.29 is 9.18 Å². The highest BCUT2D eigenvalue weighted by Gasteiger charge is 2.27. The fourth-order valence-corrected chi connectivity index (χ4v) is 3.49. The zero-order valence-corrected chi connectivity index (χ0v) is 15.0. The van der Waals surface area contributed by atoms with Crippen molar-refractivity contribution in [1.29, 1.82) is 0 Å². The standard InChI is InChI=1S/C22H20FN3O/c1-15-12-17-4-2-3-5-20(17)26(15)21-13-18(10-11-24-21)22(27)25-14-16-6-8-19(23)9-7-16/h2-11,13,15H,12,14H2,1H3,(H,25,27). The molecule has 4 rings (SSSR count). The lowest BCUT2D eigenvalue weighted by atomic mass is 10.1. The Hall–Kier alpha value is -3.21. The Morgan fingerprint density at radius 3 is 2.78 bits per heavy atom. The Morgan fingerprint density at radius 1 is 1.19 bits per heavy atom. The number of carbonyl (C=O) groups is 1. The highest BCUT2D eigenvalue weighted by atomic mass is 19.1. The summed E-state index contributed by atoms with van der Waals surface area (Å²) in [5.41, 5.74) is 3.83. The van der Waals surface area contributed by atoms with Gasteiger partial charge >= 0.3 is 0 Å². The average molecular weight is 361 g/mol. The Morgan fingerprint density at radius 2 is 1.96 bits per heavy atom. The number of carbonyl (C=O) groups excluding carboxylic acids is 1. The van der Waals surface area contributed by atoms with Crippen molar-refractivity contribution in [3.8, 4) is 0 Å². The molecule has 0 radical (unpaired) electrons. The highest BCUT2D eigenvalue weighted by Crippen LogP contribution is 2.37. The summed E-state index contributed by atoms with van der Waals surface area (Å²) in [6.45, 7) is 2.50. The quantitative estimate of drug-likeness (QED) is 0.756. The monoisotopic (exact) mass is 361 g/mol. The second kappa shape index (κ2) is 7.19. The third-order valence-corrected chi connectivity index (χ3v) is 4.83. The van der Waals surface area contributed by atoms with E-state index in [0.717, 1.165) is 23.5 Å². The summed E-state index contributed by atoms with van der Waals surface area (Å²) in [6.07, 6.45) is 2.62. The molecule has 0 aliphatic carbocycles. The van der Waals surface area contributed by atoms with Crippen LogP contribution in [0.1, 0.15) is 28.4 Å². The van der Waals surface area contributed by atoms with Crippen molar-refractivity contribution in [2.75, 3.05) is 4.90 Å². The number of hydrogen-bond donors (Lipinski definition) is 1. The molecule has 1 atom stereocenters. The van der Waals surface area contributed by atoms with Crippen molar-refractivity contribution in [2.45, 2.75) is 25.9 Å². The van der Waals surface area contributed by atoms with E-state index in [4.69, 9.17) is 0 Å². The van der Waals surface area contributed by atoms with Crippen LogP contribution in [0.25, 0.3) is 0 Å². The van der Waals surface area contributed by atoms with Gasteiger partial charge in [-0.2, -0.15) is 0 Å². The molecule has 1 aromatic heterocycles. The van der Waals surface area contributed by atoms with E-state index in [2.05, 4.69) is 34.3 Å². The lowest BCUT2D eigenvalue weighted by molar-refractivity contribution is 0.0951.